The quantitative estimate of drug-likeness (QED) is 0.384. The van der Waals surface area contributed by atoms with Crippen molar-refractivity contribution < 1.29 is 9.90 Å². The van der Waals surface area contributed by atoms with Crippen molar-refractivity contribution in [3.8, 4) is 11.1 Å². The van der Waals surface area contributed by atoms with Gasteiger partial charge in [0.1, 0.15) is 16.2 Å². The molecule has 2 aromatic heterocycles. The van der Waals surface area contributed by atoms with Crippen molar-refractivity contribution in [2.45, 2.75) is 31.7 Å². The summed E-state index contributed by atoms with van der Waals surface area (Å²) in [5.74, 6) is -0.0181. The standard InChI is InChI=1S/C18H18N2O2S2/c1-11-5-6-13(8-12(11)2)14-9-24-18-16(14)17(19-10-20-18)23-7-3-4-15(21)22/h5-6,8-10H,3-4,7H2,1-2H3,(H,21,22). The summed E-state index contributed by atoms with van der Waals surface area (Å²) in [4.78, 5) is 20.4. The van der Waals surface area contributed by atoms with Crippen LogP contribution in [0.15, 0.2) is 34.9 Å². The molecule has 1 aromatic carbocycles. The summed E-state index contributed by atoms with van der Waals surface area (Å²) >= 11 is 3.22. The van der Waals surface area contributed by atoms with Crippen molar-refractivity contribution >= 4 is 39.3 Å². The molecule has 2 heterocycles. The number of carboxylic acids is 1. The Morgan fingerprint density at radius 3 is 2.83 bits per heavy atom. The third kappa shape index (κ3) is 3.60. The van der Waals surface area contributed by atoms with Gasteiger partial charge in [-0.3, -0.25) is 4.79 Å². The number of rotatable bonds is 6. The molecule has 0 unspecified atom stereocenters. The monoisotopic (exact) mass is 358 g/mol. The maximum absolute atomic E-state index is 10.6. The van der Waals surface area contributed by atoms with E-state index in [1.165, 1.54) is 16.7 Å². The Kier molecular flexibility index (Phi) is 5.16. The molecule has 0 radical (unpaired) electrons. The third-order valence-corrected chi connectivity index (χ3v) is 5.89. The second-order valence-electron chi connectivity index (χ2n) is 5.65. The van der Waals surface area contributed by atoms with Gasteiger partial charge in [-0.2, -0.15) is 0 Å². The second-order valence-corrected chi connectivity index (χ2v) is 7.59. The number of benzene rings is 1. The van der Waals surface area contributed by atoms with Crippen molar-refractivity contribution in [2.75, 3.05) is 5.75 Å². The van der Waals surface area contributed by atoms with E-state index in [4.69, 9.17) is 5.11 Å². The molecule has 0 aliphatic carbocycles. The molecule has 0 saturated heterocycles. The molecule has 3 aromatic rings. The van der Waals surface area contributed by atoms with Crippen LogP contribution < -0.4 is 0 Å². The molecule has 0 aliphatic rings. The third-order valence-electron chi connectivity index (χ3n) is 3.93. The summed E-state index contributed by atoms with van der Waals surface area (Å²) < 4.78 is 0. The van der Waals surface area contributed by atoms with E-state index >= 15 is 0 Å². The number of aliphatic carboxylic acids is 1. The van der Waals surface area contributed by atoms with Crippen LogP contribution in [0.5, 0.6) is 0 Å². The lowest BCUT2D eigenvalue weighted by molar-refractivity contribution is -0.137. The largest absolute Gasteiger partial charge is 0.481 e. The Balaban J connectivity index is 1.94. The first-order valence-corrected chi connectivity index (χ1v) is 9.57. The predicted octanol–water partition coefficient (Wildman–Crippen LogP) is 4.93. The van der Waals surface area contributed by atoms with Crippen LogP contribution in [0.4, 0.5) is 0 Å². The van der Waals surface area contributed by atoms with E-state index in [0.717, 1.165) is 26.6 Å². The van der Waals surface area contributed by atoms with Gasteiger partial charge in [0, 0.05) is 23.1 Å². The average molecular weight is 358 g/mol. The van der Waals surface area contributed by atoms with Gasteiger partial charge < -0.3 is 5.11 Å². The van der Waals surface area contributed by atoms with E-state index < -0.39 is 5.97 Å². The smallest absolute Gasteiger partial charge is 0.303 e. The highest BCUT2D eigenvalue weighted by atomic mass is 32.2. The zero-order valence-electron chi connectivity index (χ0n) is 13.6. The van der Waals surface area contributed by atoms with Crippen molar-refractivity contribution in [2.24, 2.45) is 0 Å². The molecule has 4 nitrogen and oxygen atoms in total. The molecule has 0 bridgehead atoms. The van der Waals surface area contributed by atoms with Gasteiger partial charge in [-0.1, -0.05) is 18.2 Å². The minimum atomic E-state index is -0.755. The summed E-state index contributed by atoms with van der Waals surface area (Å²) in [6.45, 7) is 4.23. The summed E-state index contributed by atoms with van der Waals surface area (Å²) in [7, 11) is 0. The maximum Gasteiger partial charge on any atom is 0.303 e. The first-order valence-electron chi connectivity index (χ1n) is 7.70. The molecule has 1 N–H and O–H groups in total. The van der Waals surface area contributed by atoms with E-state index in [1.54, 1.807) is 29.4 Å². The minimum Gasteiger partial charge on any atom is -0.481 e. The Hall–Kier alpha value is -1.92. The lowest BCUT2D eigenvalue weighted by Gasteiger charge is -2.07. The summed E-state index contributed by atoms with van der Waals surface area (Å²) in [6.07, 6.45) is 2.41. The molecule has 24 heavy (non-hydrogen) atoms. The highest BCUT2D eigenvalue weighted by molar-refractivity contribution is 7.99. The highest BCUT2D eigenvalue weighted by Crippen LogP contribution is 2.38. The van der Waals surface area contributed by atoms with Gasteiger partial charge in [0.15, 0.2) is 0 Å². The van der Waals surface area contributed by atoms with Gasteiger partial charge >= 0.3 is 5.97 Å². The van der Waals surface area contributed by atoms with E-state index in [9.17, 15) is 4.79 Å². The molecule has 0 atom stereocenters. The first kappa shape index (κ1) is 16.9. The van der Waals surface area contributed by atoms with Crippen molar-refractivity contribution in [3.05, 3.63) is 41.0 Å². The number of carbonyl (C=O) groups is 1. The van der Waals surface area contributed by atoms with Crippen LogP contribution in [-0.2, 0) is 4.79 Å². The second kappa shape index (κ2) is 7.32. The number of fused-ring (bicyclic) bond motifs is 1. The zero-order valence-corrected chi connectivity index (χ0v) is 15.2. The number of hydrogen-bond donors (Lipinski definition) is 1. The molecular weight excluding hydrogens is 340 g/mol. The topological polar surface area (TPSA) is 63.1 Å². The predicted molar refractivity (Wildman–Crippen MR) is 99.9 cm³/mol. The molecule has 0 spiro atoms. The molecule has 3 rings (SSSR count). The number of aryl methyl sites for hydroxylation is 2. The van der Waals surface area contributed by atoms with Crippen LogP contribution in [0, 0.1) is 13.8 Å². The molecule has 0 amide bonds. The number of thiophene rings is 1. The van der Waals surface area contributed by atoms with Crippen LogP contribution in [0.2, 0.25) is 0 Å². The Labute approximate surface area is 149 Å². The number of aromatic nitrogens is 2. The van der Waals surface area contributed by atoms with Gasteiger partial charge in [0.05, 0.1) is 5.39 Å². The molecule has 6 heteroatoms. The van der Waals surface area contributed by atoms with Crippen LogP contribution in [0.3, 0.4) is 0 Å². The Morgan fingerprint density at radius 2 is 2.08 bits per heavy atom. The summed E-state index contributed by atoms with van der Waals surface area (Å²) in [5, 5.41) is 12.9. The molecule has 0 saturated carbocycles. The fourth-order valence-corrected chi connectivity index (χ4v) is 4.41. The molecule has 0 fully saturated rings. The number of hydrogen-bond acceptors (Lipinski definition) is 5. The fraction of sp³-hybridized carbons (Fsp3) is 0.278. The SMILES string of the molecule is Cc1ccc(-c2csc3ncnc(SCCCC(=O)O)c23)cc1C. The van der Waals surface area contributed by atoms with Gasteiger partial charge in [0.25, 0.3) is 0 Å². The van der Waals surface area contributed by atoms with Gasteiger partial charge in [-0.15, -0.1) is 23.1 Å². The Morgan fingerprint density at radius 1 is 1.25 bits per heavy atom. The van der Waals surface area contributed by atoms with Crippen molar-refractivity contribution in [1.82, 2.24) is 9.97 Å². The lowest BCUT2D eigenvalue weighted by Crippen LogP contribution is -1.95. The number of carboxylic acid groups (broad SMARTS) is 1. The zero-order chi connectivity index (χ0) is 17.1. The normalized spacial score (nSPS) is 11.1. The van der Waals surface area contributed by atoms with Gasteiger partial charge in [0.2, 0.25) is 0 Å². The van der Waals surface area contributed by atoms with Crippen LogP contribution in [-0.4, -0.2) is 26.8 Å². The lowest BCUT2D eigenvalue weighted by atomic mass is 10.0. The summed E-state index contributed by atoms with van der Waals surface area (Å²) in [6, 6.07) is 6.47. The van der Waals surface area contributed by atoms with Crippen LogP contribution >= 0.6 is 23.1 Å². The van der Waals surface area contributed by atoms with Crippen LogP contribution in [0.1, 0.15) is 24.0 Å². The van der Waals surface area contributed by atoms with Crippen molar-refractivity contribution in [3.63, 3.8) is 0 Å². The van der Waals surface area contributed by atoms with Gasteiger partial charge in [-0.25, -0.2) is 9.97 Å². The Bertz CT molecular complexity index is 890. The number of thioether (sulfide) groups is 1. The van der Waals surface area contributed by atoms with E-state index in [1.807, 2.05) is 0 Å². The first-order chi connectivity index (χ1) is 11.6. The van der Waals surface area contributed by atoms with E-state index in [0.29, 0.717) is 6.42 Å². The average Bonchev–Trinajstić information content (AvgIpc) is 2.99. The summed E-state index contributed by atoms with van der Waals surface area (Å²) in [5.41, 5.74) is 4.86. The highest BCUT2D eigenvalue weighted by Gasteiger charge is 2.14. The fourth-order valence-electron chi connectivity index (χ4n) is 2.47. The van der Waals surface area contributed by atoms with E-state index in [-0.39, 0.29) is 6.42 Å². The minimum absolute atomic E-state index is 0.189. The maximum atomic E-state index is 10.6. The van der Waals surface area contributed by atoms with E-state index in [2.05, 4.69) is 47.4 Å². The van der Waals surface area contributed by atoms with Crippen LogP contribution in [0.25, 0.3) is 21.3 Å². The molecular formula is C18H18N2O2S2. The molecule has 0 aliphatic heterocycles. The van der Waals surface area contributed by atoms with Crippen molar-refractivity contribution in [1.29, 1.82) is 0 Å². The molecule has 124 valence electrons. The number of nitrogens with zero attached hydrogens (tertiary/aromatic N) is 2. The van der Waals surface area contributed by atoms with Gasteiger partial charge in [-0.05, 0) is 37.0 Å².